The minimum absolute atomic E-state index is 1.05. The van der Waals surface area contributed by atoms with Gasteiger partial charge in [0.15, 0.2) is 0 Å². The second kappa shape index (κ2) is 5.74. The molecule has 1 aromatic carbocycles. The van der Waals surface area contributed by atoms with Crippen molar-refractivity contribution in [2.45, 2.75) is 20.8 Å². The van der Waals surface area contributed by atoms with Crippen LogP contribution in [0.4, 0.5) is 0 Å². The van der Waals surface area contributed by atoms with Gasteiger partial charge in [-0.2, -0.15) is 0 Å². The standard InChI is InChI=1S/C13H10N2S.C2H6/c1-9-12-11(10-5-3-2-4-6-10)7-16-13(12)15-8-14-9;1-2/h2-8H,1H3;1-2H3. The smallest absolute Gasteiger partial charge is 0.127 e. The number of nitrogens with zero attached hydrogens (tertiary/aromatic N) is 2. The first-order valence-electron chi connectivity index (χ1n) is 6.10. The summed E-state index contributed by atoms with van der Waals surface area (Å²) >= 11 is 1.67. The van der Waals surface area contributed by atoms with E-state index in [4.69, 9.17) is 0 Å². The second-order valence-electron chi connectivity index (χ2n) is 3.65. The van der Waals surface area contributed by atoms with Crippen LogP contribution in [-0.4, -0.2) is 9.97 Å². The van der Waals surface area contributed by atoms with E-state index >= 15 is 0 Å². The zero-order valence-corrected chi connectivity index (χ0v) is 11.7. The van der Waals surface area contributed by atoms with E-state index in [1.807, 2.05) is 26.8 Å². The highest BCUT2D eigenvalue weighted by Crippen LogP contribution is 2.33. The average molecular weight is 256 g/mol. The number of fused-ring (bicyclic) bond motifs is 1. The van der Waals surface area contributed by atoms with E-state index in [0.717, 1.165) is 10.5 Å². The van der Waals surface area contributed by atoms with Crippen LogP contribution in [0.2, 0.25) is 0 Å². The van der Waals surface area contributed by atoms with Crippen LogP contribution in [0.1, 0.15) is 19.5 Å². The molecule has 0 bridgehead atoms. The summed E-state index contributed by atoms with van der Waals surface area (Å²) < 4.78 is 0. The Balaban J connectivity index is 0.000000574. The molecule has 3 heteroatoms. The molecule has 0 atom stereocenters. The molecule has 0 unspecified atom stereocenters. The number of hydrogen-bond acceptors (Lipinski definition) is 3. The molecule has 0 aliphatic rings. The maximum absolute atomic E-state index is 4.30. The van der Waals surface area contributed by atoms with Gasteiger partial charge in [0.05, 0.1) is 0 Å². The van der Waals surface area contributed by atoms with Crippen molar-refractivity contribution in [1.82, 2.24) is 9.97 Å². The Morgan fingerprint density at radius 2 is 1.72 bits per heavy atom. The molecule has 2 nitrogen and oxygen atoms in total. The molecule has 0 radical (unpaired) electrons. The minimum Gasteiger partial charge on any atom is -0.241 e. The van der Waals surface area contributed by atoms with E-state index in [1.54, 1.807) is 17.7 Å². The predicted octanol–water partition coefficient (Wildman–Crippen LogP) is 4.69. The zero-order chi connectivity index (χ0) is 13.0. The van der Waals surface area contributed by atoms with Gasteiger partial charge in [0.25, 0.3) is 0 Å². The average Bonchev–Trinajstić information content (AvgIpc) is 2.87. The van der Waals surface area contributed by atoms with E-state index in [1.165, 1.54) is 16.5 Å². The van der Waals surface area contributed by atoms with Crippen molar-refractivity contribution >= 4 is 21.6 Å². The summed E-state index contributed by atoms with van der Waals surface area (Å²) in [7, 11) is 0. The van der Waals surface area contributed by atoms with Gasteiger partial charge < -0.3 is 0 Å². The maximum Gasteiger partial charge on any atom is 0.127 e. The minimum atomic E-state index is 1.05. The van der Waals surface area contributed by atoms with E-state index in [2.05, 4.69) is 39.6 Å². The largest absolute Gasteiger partial charge is 0.241 e. The van der Waals surface area contributed by atoms with E-state index in [-0.39, 0.29) is 0 Å². The van der Waals surface area contributed by atoms with Crippen LogP contribution in [0.3, 0.4) is 0 Å². The van der Waals surface area contributed by atoms with Gasteiger partial charge in [0.2, 0.25) is 0 Å². The van der Waals surface area contributed by atoms with Crippen LogP contribution in [0.25, 0.3) is 21.3 Å². The summed E-state index contributed by atoms with van der Waals surface area (Å²) in [5.41, 5.74) is 3.51. The summed E-state index contributed by atoms with van der Waals surface area (Å²) in [4.78, 5) is 9.62. The molecule has 0 spiro atoms. The fourth-order valence-corrected chi connectivity index (χ4v) is 2.82. The van der Waals surface area contributed by atoms with Gasteiger partial charge in [-0.3, -0.25) is 0 Å². The third-order valence-electron chi connectivity index (χ3n) is 2.64. The van der Waals surface area contributed by atoms with Gasteiger partial charge in [-0.15, -0.1) is 11.3 Å². The Morgan fingerprint density at radius 1 is 1.00 bits per heavy atom. The summed E-state index contributed by atoms with van der Waals surface area (Å²) in [6.07, 6.45) is 1.63. The Bertz CT molecular complexity index is 629. The van der Waals surface area contributed by atoms with Crippen molar-refractivity contribution in [1.29, 1.82) is 0 Å². The summed E-state index contributed by atoms with van der Waals surface area (Å²) in [6.45, 7) is 6.03. The predicted molar refractivity (Wildman–Crippen MR) is 78.9 cm³/mol. The number of rotatable bonds is 1. The molecule has 0 amide bonds. The highest BCUT2D eigenvalue weighted by molar-refractivity contribution is 7.17. The summed E-state index contributed by atoms with van der Waals surface area (Å²) in [6, 6.07) is 10.4. The molecule has 3 rings (SSSR count). The van der Waals surface area contributed by atoms with Crippen molar-refractivity contribution in [3.8, 4) is 11.1 Å². The molecule has 2 aromatic heterocycles. The van der Waals surface area contributed by atoms with Crippen LogP contribution < -0.4 is 0 Å². The lowest BCUT2D eigenvalue weighted by atomic mass is 10.1. The lowest BCUT2D eigenvalue weighted by molar-refractivity contribution is 1.16. The van der Waals surface area contributed by atoms with Gasteiger partial charge in [-0.1, -0.05) is 44.2 Å². The van der Waals surface area contributed by atoms with Crippen LogP contribution in [0.5, 0.6) is 0 Å². The number of aromatic nitrogens is 2. The maximum atomic E-state index is 4.30. The normalized spacial score (nSPS) is 9.94. The highest BCUT2D eigenvalue weighted by atomic mass is 32.1. The highest BCUT2D eigenvalue weighted by Gasteiger charge is 2.09. The molecule has 0 fully saturated rings. The second-order valence-corrected chi connectivity index (χ2v) is 4.51. The molecular weight excluding hydrogens is 240 g/mol. The first-order chi connectivity index (χ1) is 8.86. The lowest BCUT2D eigenvalue weighted by Crippen LogP contribution is -1.84. The van der Waals surface area contributed by atoms with E-state index in [9.17, 15) is 0 Å². The molecule has 0 saturated heterocycles. The van der Waals surface area contributed by atoms with Crippen molar-refractivity contribution in [3.05, 3.63) is 47.7 Å². The summed E-state index contributed by atoms with van der Waals surface area (Å²) in [5, 5.41) is 3.33. The van der Waals surface area contributed by atoms with Crippen molar-refractivity contribution in [2.75, 3.05) is 0 Å². The Morgan fingerprint density at radius 3 is 2.44 bits per heavy atom. The lowest BCUT2D eigenvalue weighted by Gasteiger charge is -2.00. The van der Waals surface area contributed by atoms with Gasteiger partial charge in [-0.25, -0.2) is 9.97 Å². The summed E-state index contributed by atoms with van der Waals surface area (Å²) in [5.74, 6) is 0. The topological polar surface area (TPSA) is 25.8 Å². The molecule has 0 aliphatic carbocycles. The van der Waals surface area contributed by atoms with Gasteiger partial charge >= 0.3 is 0 Å². The number of aryl methyl sites for hydroxylation is 1. The van der Waals surface area contributed by atoms with E-state index < -0.39 is 0 Å². The van der Waals surface area contributed by atoms with Crippen molar-refractivity contribution in [2.24, 2.45) is 0 Å². The Kier molecular flexibility index (Phi) is 4.05. The molecule has 0 aliphatic heterocycles. The van der Waals surface area contributed by atoms with E-state index in [0.29, 0.717) is 0 Å². The van der Waals surface area contributed by atoms with Crippen molar-refractivity contribution in [3.63, 3.8) is 0 Å². The fraction of sp³-hybridized carbons (Fsp3) is 0.200. The third kappa shape index (κ3) is 2.27. The fourth-order valence-electron chi connectivity index (χ4n) is 1.85. The van der Waals surface area contributed by atoms with Crippen LogP contribution in [-0.2, 0) is 0 Å². The molecular formula is C15H16N2S. The zero-order valence-electron chi connectivity index (χ0n) is 10.8. The van der Waals surface area contributed by atoms with Gasteiger partial charge in [0.1, 0.15) is 11.2 Å². The first kappa shape index (κ1) is 12.7. The van der Waals surface area contributed by atoms with Crippen LogP contribution >= 0.6 is 11.3 Å². The molecule has 2 heterocycles. The van der Waals surface area contributed by atoms with Crippen LogP contribution in [0.15, 0.2) is 42.0 Å². The van der Waals surface area contributed by atoms with Gasteiger partial charge in [-0.05, 0) is 12.5 Å². The third-order valence-corrected chi connectivity index (χ3v) is 3.53. The molecule has 3 aromatic rings. The number of hydrogen-bond donors (Lipinski definition) is 0. The number of benzene rings is 1. The molecule has 18 heavy (non-hydrogen) atoms. The van der Waals surface area contributed by atoms with Crippen molar-refractivity contribution < 1.29 is 0 Å². The first-order valence-corrected chi connectivity index (χ1v) is 6.98. The molecule has 0 saturated carbocycles. The Labute approximate surface area is 111 Å². The van der Waals surface area contributed by atoms with Crippen LogP contribution in [0, 0.1) is 6.92 Å². The van der Waals surface area contributed by atoms with Gasteiger partial charge in [0, 0.05) is 22.0 Å². The monoisotopic (exact) mass is 256 g/mol. The SMILES string of the molecule is CC.Cc1ncnc2scc(-c3ccccc3)c12. The molecule has 0 N–H and O–H groups in total. The Hall–Kier alpha value is -1.74. The number of thiophene rings is 1. The molecule has 92 valence electrons. The quantitative estimate of drug-likeness (QED) is 0.631.